The van der Waals surface area contributed by atoms with E-state index in [0.29, 0.717) is 15.8 Å². The monoisotopic (exact) mass is 398 g/mol. The highest BCUT2D eigenvalue weighted by Gasteiger charge is 2.53. The Morgan fingerprint density at radius 2 is 1.93 bits per heavy atom. The van der Waals surface area contributed by atoms with E-state index in [-0.39, 0.29) is 11.1 Å². The summed E-state index contributed by atoms with van der Waals surface area (Å²) >= 11 is 5.81. The van der Waals surface area contributed by atoms with Crippen LogP contribution in [0.25, 0.3) is 0 Å². The highest BCUT2D eigenvalue weighted by atomic mass is 35.5. The van der Waals surface area contributed by atoms with E-state index in [0.717, 1.165) is 0 Å². The lowest BCUT2D eigenvalue weighted by Crippen LogP contribution is -2.43. The van der Waals surface area contributed by atoms with Crippen LogP contribution >= 0.6 is 11.6 Å². The zero-order valence-corrected chi connectivity index (χ0v) is 14.8. The Morgan fingerprint density at radius 1 is 1.26 bits per heavy atom. The molecule has 27 heavy (non-hydrogen) atoms. The number of hydrazone groups is 1. The third-order valence-corrected chi connectivity index (χ3v) is 4.38. The number of hydrogen-bond acceptors (Lipinski definition) is 4. The molecule has 1 amide bonds. The lowest BCUT2D eigenvalue weighted by molar-refractivity contribution is -0.0816. The van der Waals surface area contributed by atoms with Crippen LogP contribution in [0.2, 0.25) is 5.02 Å². The minimum absolute atomic E-state index is 0.0221. The molecular formula is C18H14ClF3N2O3. The van der Waals surface area contributed by atoms with Crippen LogP contribution in [0.1, 0.15) is 22.3 Å². The summed E-state index contributed by atoms with van der Waals surface area (Å²) in [5.41, 5.74) is -3.47. The van der Waals surface area contributed by atoms with E-state index in [1.165, 1.54) is 49.6 Å². The van der Waals surface area contributed by atoms with Crippen molar-refractivity contribution in [2.45, 2.75) is 18.3 Å². The Labute approximate surface area is 157 Å². The number of carbonyl (C=O) groups excluding carboxylic acids is 1. The first-order chi connectivity index (χ1) is 12.6. The van der Waals surface area contributed by atoms with Crippen LogP contribution in [0, 0.1) is 0 Å². The predicted molar refractivity (Wildman–Crippen MR) is 92.6 cm³/mol. The third kappa shape index (κ3) is 3.63. The molecule has 0 saturated carbocycles. The van der Waals surface area contributed by atoms with Crippen LogP contribution in [0.3, 0.4) is 0 Å². The van der Waals surface area contributed by atoms with Gasteiger partial charge in [-0.25, -0.2) is 0 Å². The molecule has 1 heterocycles. The van der Waals surface area contributed by atoms with Gasteiger partial charge < -0.3 is 9.84 Å². The minimum Gasteiger partial charge on any atom is -0.497 e. The van der Waals surface area contributed by atoms with Crippen molar-refractivity contribution in [1.82, 2.24) is 5.01 Å². The molecule has 142 valence electrons. The highest BCUT2D eigenvalue weighted by molar-refractivity contribution is 6.30. The molecule has 1 N–H and O–H groups in total. The molecule has 0 radical (unpaired) electrons. The van der Waals surface area contributed by atoms with Gasteiger partial charge in [0.1, 0.15) is 11.5 Å². The molecule has 1 aliphatic heterocycles. The molecule has 0 unspecified atom stereocenters. The van der Waals surface area contributed by atoms with E-state index in [1.807, 2.05) is 0 Å². The van der Waals surface area contributed by atoms with Crippen LogP contribution in [0.5, 0.6) is 5.75 Å². The first kappa shape index (κ1) is 19.2. The van der Waals surface area contributed by atoms with Crippen molar-refractivity contribution >= 4 is 23.2 Å². The van der Waals surface area contributed by atoms with Gasteiger partial charge in [-0.15, -0.1) is 0 Å². The molecule has 0 spiro atoms. The van der Waals surface area contributed by atoms with Gasteiger partial charge in [0.05, 0.1) is 13.5 Å². The van der Waals surface area contributed by atoms with Gasteiger partial charge in [-0.1, -0.05) is 29.8 Å². The van der Waals surface area contributed by atoms with Crippen molar-refractivity contribution in [3.63, 3.8) is 0 Å². The van der Waals surface area contributed by atoms with E-state index >= 15 is 0 Å². The number of hydrogen-bond donors (Lipinski definition) is 1. The molecular weight excluding hydrogens is 385 g/mol. The van der Waals surface area contributed by atoms with Gasteiger partial charge in [0.2, 0.25) is 0 Å². The number of benzene rings is 2. The molecule has 0 saturated heterocycles. The van der Waals surface area contributed by atoms with Gasteiger partial charge in [-0.2, -0.15) is 23.3 Å². The van der Waals surface area contributed by atoms with Crippen LogP contribution < -0.4 is 4.74 Å². The third-order valence-electron chi connectivity index (χ3n) is 4.13. The number of ether oxygens (including phenoxy) is 1. The minimum atomic E-state index is -4.79. The topological polar surface area (TPSA) is 62.1 Å². The first-order valence-corrected chi connectivity index (χ1v) is 8.14. The van der Waals surface area contributed by atoms with Crippen LogP contribution in [-0.4, -0.2) is 35.0 Å². The number of aliphatic hydroxyl groups is 1. The van der Waals surface area contributed by atoms with E-state index in [1.54, 1.807) is 6.07 Å². The Balaban J connectivity index is 2.07. The molecule has 0 bridgehead atoms. The van der Waals surface area contributed by atoms with Crippen LogP contribution in [-0.2, 0) is 5.72 Å². The van der Waals surface area contributed by atoms with Crippen LogP contribution in [0.15, 0.2) is 53.6 Å². The highest BCUT2D eigenvalue weighted by Crippen LogP contribution is 2.40. The molecule has 2 aromatic rings. The fraction of sp³-hybridized carbons (Fsp3) is 0.222. The summed E-state index contributed by atoms with van der Waals surface area (Å²) in [7, 11) is 1.39. The second kappa shape index (κ2) is 6.86. The fourth-order valence-corrected chi connectivity index (χ4v) is 2.86. The summed E-state index contributed by atoms with van der Waals surface area (Å²) in [4.78, 5) is 12.9. The standard InChI is InChI=1S/C18H14ClF3N2O3/c1-27-14-4-2-3-11(9-14)16(25)24-17(26,10-15(23-24)18(20,21)22)12-5-7-13(19)8-6-12/h2-9,26H,10H2,1H3/t17-/m1/s1. The van der Waals surface area contributed by atoms with Crippen molar-refractivity contribution in [3.05, 3.63) is 64.7 Å². The van der Waals surface area contributed by atoms with Gasteiger partial charge in [0.25, 0.3) is 5.91 Å². The molecule has 1 atom stereocenters. The van der Waals surface area contributed by atoms with Gasteiger partial charge >= 0.3 is 6.18 Å². The number of carbonyl (C=O) groups is 1. The smallest absolute Gasteiger partial charge is 0.431 e. The summed E-state index contributed by atoms with van der Waals surface area (Å²) in [6.45, 7) is 0. The zero-order valence-electron chi connectivity index (χ0n) is 14.0. The fourth-order valence-electron chi connectivity index (χ4n) is 2.74. The second-order valence-electron chi connectivity index (χ2n) is 5.89. The zero-order chi connectivity index (χ0) is 19.8. The molecule has 3 rings (SSSR count). The SMILES string of the molecule is COc1cccc(C(=O)N2N=C(C(F)(F)F)C[C@@]2(O)c2ccc(Cl)cc2)c1. The van der Waals surface area contributed by atoms with Crippen molar-refractivity contribution in [1.29, 1.82) is 0 Å². The number of halogens is 4. The molecule has 0 aliphatic carbocycles. The van der Waals surface area contributed by atoms with Crippen molar-refractivity contribution in [2.75, 3.05) is 7.11 Å². The summed E-state index contributed by atoms with van der Waals surface area (Å²) in [5, 5.41) is 15.2. The number of methoxy groups -OCH3 is 1. The van der Waals surface area contributed by atoms with Gasteiger partial charge in [0.15, 0.2) is 5.72 Å². The number of amides is 1. The van der Waals surface area contributed by atoms with E-state index in [4.69, 9.17) is 16.3 Å². The summed E-state index contributed by atoms with van der Waals surface area (Å²) in [6, 6.07) is 11.4. The van der Waals surface area contributed by atoms with Crippen molar-refractivity contribution < 1.29 is 27.8 Å². The second-order valence-corrected chi connectivity index (χ2v) is 6.33. The summed E-state index contributed by atoms with van der Waals surface area (Å²) < 4.78 is 44.7. The largest absolute Gasteiger partial charge is 0.497 e. The number of rotatable bonds is 3. The predicted octanol–water partition coefficient (Wildman–Crippen LogP) is 3.96. The van der Waals surface area contributed by atoms with E-state index in [2.05, 4.69) is 5.10 Å². The summed E-state index contributed by atoms with van der Waals surface area (Å²) in [5.74, 6) is -0.555. The molecule has 0 aromatic heterocycles. The van der Waals surface area contributed by atoms with Gasteiger partial charge in [-0.3, -0.25) is 4.79 Å². The van der Waals surface area contributed by atoms with Gasteiger partial charge in [0, 0.05) is 16.1 Å². The maximum absolute atomic E-state index is 13.2. The quantitative estimate of drug-likeness (QED) is 0.851. The number of nitrogens with zero attached hydrogens (tertiary/aromatic N) is 2. The Kier molecular flexibility index (Phi) is 4.88. The average molecular weight is 399 g/mol. The van der Waals surface area contributed by atoms with Crippen LogP contribution in [0.4, 0.5) is 13.2 Å². The Morgan fingerprint density at radius 3 is 2.52 bits per heavy atom. The normalized spacial score (nSPS) is 19.8. The average Bonchev–Trinajstić information content (AvgIpc) is 3.00. The molecule has 0 fully saturated rings. The molecule has 9 heteroatoms. The Hall–Kier alpha value is -2.58. The molecule has 1 aliphatic rings. The molecule has 2 aromatic carbocycles. The Bertz CT molecular complexity index is 899. The maximum atomic E-state index is 13.2. The van der Waals surface area contributed by atoms with E-state index in [9.17, 15) is 23.1 Å². The lowest BCUT2D eigenvalue weighted by Gasteiger charge is -2.31. The lowest BCUT2D eigenvalue weighted by atomic mass is 9.96. The maximum Gasteiger partial charge on any atom is 0.431 e. The first-order valence-electron chi connectivity index (χ1n) is 7.77. The van der Waals surface area contributed by atoms with Crippen molar-refractivity contribution in [2.24, 2.45) is 5.10 Å². The van der Waals surface area contributed by atoms with E-state index < -0.39 is 29.9 Å². The molecule has 5 nitrogen and oxygen atoms in total. The summed E-state index contributed by atoms with van der Waals surface area (Å²) in [6.07, 6.45) is -5.68. The van der Waals surface area contributed by atoms with Crippen molar-refractivity contribution in [3.8, 4) is 5.75 Å². The number of alkyl halides is 3. The van der Waals surface area contributed by atoms with Gasteiger partial charge in [-0.05, 0) is 30.3 Å².